The molecule has 0 unspecified atom stereocenters. The van der Waals surface area contributed by atoms with E-state index in [9.17, 15) is 0 Å². The molecule has 2 aromatic carbocycles. The molecule has 0 aliphatic heterocycles. The van der Waals surface area contributed by atoms with Gasteiger partial charge >= 0.3 is 0 Å². The third-order valence-electron chi connectivity index (χ3n) is 2.93. The fraction of sp³-hybridized carbons (Fsp3) is 0.0625. The largest absolute Gasteiger partial charge is 0.454 e. The van der Waals surface area contributed by atoms with Crippen molar-refractivity contribution in [3.63, 3.8) is 0 Å². The van der Waals surface area contributed by atoms with Gasteiger partial charge in [-0.05, 0) is 48.9 Å². The number of benzene rings is 2. The van der Waals surface area contributed by atoms with Crippen molar-refractivity contribution in [2.75, 3.05) is 0 Å². The predicted octanol–water partition coefficient (Wildman–Crippen LogP) is 5.64. The van der Waals surface area contributed by atoms with Crippen LogP contribution in [-0.2, 0) is 0 Å². The number of aromatic nitrogens is 1. The Hall–Kier alpha value is -1.77. The molecule has 3 rings (SSSR count). The van der Waals surface area contributed by atoms with Crippen LogP contribution < -0.4 is 4.74 Å². The number of rotatable bonds is 2. The fourth-order valence-electron chi connectivity index (χ4n) is 1.98. The maximum absolute atomic E-state index is 6.10. The molecule has 2 nitrogen and oxygen atoms in total. The first-order valence-corrected chi connectivity index (χ1v) is 6.87. The van der Waals surface area contributed by atoms with Gasteiger partial charge in [0.1, 0.15) is 5.75 Å². The van der Waals surface area contributed by atoms with Gasteiger partial charge in [0, 0.05) is 11.6 Å². The molecule has 0 aliphatic carbocycles. The minimum Gasteiger partial charge on any atom is -0.454 e. The van der Waals surface area contributed by atoms with E-state index in [0.717, 1.165) is 16.5 Å². The van der Waals surface area contributed by atoms with E-state index in [4.69, 9.17) is 27.9 Å². The van der Waals surface area contributed by atoms with Crippen molar-refractivity contribution in [1.29, 1.82) is 0 Å². The third-order valence-corrected chi connectivity index (χ3v) is 3.52. The monoisotopic (exact) mass is 303 g/mol. The molecule has 1 heterocycles. The van der Waals surface area contributed by atoms with E-state index in [0.29, 0.717) is 21.5 Å². The number of ether oxygens (including phenoxy) is 1. The van der Waals surface area contributed by atoms with E-state index in [1.54, 1.807) is 18.2 Å². The highest BCUT2D eigenvalue weighted by Crippen LogP contribution is 2.36. The number of nitrogens with zero attached hydrogens (tertiary/aromatic N) is 1. The average Bonchev–Trinajstić information content (AvgIpc) is 2.42. The Bertz CT molecular complexity index is 766. The Morgan fingerprint density at radius 2 is 1.75 bits per heavy atom. The standard InChI is InChI=1S/C16H11Cl2NO/c1-10-7-11-8-12(5-6-15(11)19-9-10)20-16-13(17)3-2-4-14(16)18/h2-9H,1H3. The summed E-state index contributed by atoms with van der Waals surface area (Å²) in [5, 5.41) is 1.99. The van der Waals surface area contributed by atoms with Crippen molar-refractivity contribution >= 4 is 34.1 Å². The van der Waals surface area contributed by atoms with Crippen LogP contribution in [0.5, 0.6) is 11.5 Å². The molecule has 0 fully saturated rings. The molecule has 0 bridgehead atoms. The first-order valence-electron chi connectivity index (χ1n) is 6.12. The maximum atomic E-state index is 6.10. The number of para-hydroxylation sites is 1. The molecule has 0 aliphatic rings. The lowest BCUT2D eigenvalue weighted by molar-refractivity contribution is 0.484. The summed E-state index contributed by atoms with van der Waals surface area (Å²) in [7, 11) is 0. The summed E-state index contributed by atoms with van der Waals surface area (Å²) in [6.45, 7) is 2.00. The zero-order valence-corrected chi connectivity index (χ0v) is 12.2. The van der Waals surface area contributed by atoms with Crippen molar-refractivity contribution in [1.82, 2.24) is 4.98 Å². The van der Waals surface area contributed by atoms with E-state index in [1.807, 2.05) is 31.3 Å². The minimum atomic E-state index is 0.468. The lowest BCUT2D eigenvalue weighted by Gasteiger charge is -2.10. The number of aryl methyl sites for hydroxylation is 1. The molecule has 4 heteroatoms. The zero-order chi connectivity index (χ0) is 14.1. The number of hydrogen-bond donors (Lipinski definition) is 0. The Kier molecular flexibility index (Phi) is 3.51. The maximum Gasteiger partial charge on any atom is 0.164 e. The van der Waals surface area contributed by atoms with Crippen LogP contribution in [0.2, 0.25) is 10.0 Å². The lowest BCUT2D eigenvalue weighted by Crippen LogP contribution is -1.88. The highest BCUT2D eigenvalue weighted by atomic mass is 35.5. The van der Waals surface area contributed by atoms with E-state index >= 15 is 0 Å². The Morgan fingerprint density at radius 1 is 1.00 bits per heavy atom. The Morgan fingerprint density at radius 3 is 2.50 bits per heavy atom. The van der Waals surface area contributed by atoms with E-state index in [-0.39, 0.29) is 0 Å². The molecular formula is C16H11Cl2NO. The molecule has 0 amide bonds. The molecule has 0 atom stereocenters. The van der Waals surface area contributed by atoms with Crippen LogP contribution in [0.4, 0.5) is 0 Å². The minimum absolute atomic E-state index is 0.468. The molecule has 100 valence electrons. The number of fused-ring (bicyclic) bond motifs is 1. The summed E-state index contributed by atoms with van der Waals surface area (Å²) < 4.78 is 5.80. The Balaban J connectivity index is 2.02. The highest BCUT2D eigenvalue weighted by Gasteiger charge is 2.08. The summed E-state index contributed by atoms with van der Waals surface area (Å²) in [6, 6.07) is 13.0. The molecule has 1 aromatic heterocycles. The number of hydrogen-bond acceptors (Lipinski definition) is 2. The number of pyridine rings is 1. The first-order chi connectivity index (χ1) is 9.63. The summed E-state index contributed by atoms with van der Waals surface area (Å²) in [5.74, 6) is 1.15. The summed E-state index contributed by atoms with van der Waals surface area (Å²) in [6.07, 6.45) is 1.84. The SMILES string of the molecule is Cc1cnc2ccc(Oc3c(Cl)cccc3Cl)cc2c1. The van der Waals surface area contributed by atoms with Crippen molar-refractivity contribution in [2.24, 2.45) is 0 Å². The predicted molar refractivity (Wildman–Crippen MR) is 83.0 cm³/mol. The van der Waals surface area contributed by atoms with E-state index in [1.165, 1.54) is 0 Å². The van der Waals surface area contributed by atoms with Gasteiger partial charge < -0.3 is 4.74 Å². The van der Waals surface area contributed by atoms with Crippen LogP contribution in [0.3, 0.4) is 0 Å². The summed E-state index contributed by atoms with van der Waals surface area (Å²) in [4.78, 5) is 4.36. The van der Waals surface area contributed by atoms with Gasteiger partial charge in [-0.1, -0.05) is 29.3 Å². The van der Waals surface area contributed by atoms with Crippen LogP contribution in [0.25, 0.3) is 10.9 Å². The summed E-state index contributed by atoms with van der Waals surface area (Å²) in [5.41, 5.74) is 2.03. The lowest BCUT2D eigenvalue weighted by atomic mass is 10.1. The topological polar surface area (TPSA) is 22.1 Å². The molecule has 0 N–H and O–H groups in total. The molecular weight excluding hydrogens is 293 g/mol. The normalized spacial score (nSPS) is 10.8. The quantitative estimate of drug-likeness (QED) is 0.611. The van der Waals surface area contributed by atoms with Gasteiger partial charge in [0.15, 0.2) is 5.75 Å². The third kappa shape index (κ3) is 2.58. The highest BCUT2D eigenvalue weighted by molar-refractivity contribution is 6.37. The molecule has 0 saturated carbocycles. The smallest absolute Gasteiger partial charge is 0.164 e. The van der Waals surface area contributed by atoms with Gasteiger partial charge in [-0.15, -0.1) is 0 Å². The fourth-order valence-corrected chi connectivity index (χ4v) is 2.46. The van der Waals surface area contributed by atoms with Gasteiger partial charge in [0.25, 0.3) is 0 Å². The van der Waals surface area contributed by atoms with Gasteiger partial charge in [0.05, 0.1) is 15.6 Å². The van der Waals surface area contributed by atoms with Gasteiger partial charge in [-0.2, -0.15) is 0 Å². The van der Waals surface area contributed by atoms with Crippen LogP contribution >= 0.6 is 23.2 Å². The van der Waals surface area contributed by atoms with E-state index in [2.05, 4.69) is 11.1 Å². The van der Waals surface area contributed by atoms with E-state index < -0.39 is 0 Å². The van der Waals surface area contributed by atoms with Crippen molar-refractivity contribution in [3.8, 4) is 11.5 Å². The Labute approximate surface area is 126 Å². The summed E-state index contributed by atoms with van der Waals surface area (Å²) >= 11 is 12.2. The van der Waals surface area contributed by atoms with Gasteiger partial charge in [0.2, 0.25) is 0 Å². The molecule has 0 spiro atoms. The number of halogens is 2. The molecule has 0 radical (unpaired) electrons. The van der Waals surface area contributed by atoms with Crippen LogP contribution in [0, 0.1) is 6.92 Å². The van der Waals surface area contributed by atoms with Gasteiger partial charge in [-0.3, -0.25) is 4.98 Å². The van der Waals surface area contributed by atoms with Gasteiger partial charge in [-0.25, -0.2) is 0 Å². The van der Waals surface area contributed by atoms with Crippen LogP contribution in [0.15, 0.2) is 48.7 Å². The molecule has 3 aromatic rings. The first kappa shape index (κ1) is 13.2. The van der Waals surface area contributed by atoms with Crippen molar-refractivity contribution in [3.05, 3.63) is 64.3 Å². The second-order valence-corrected chi connectivity index (χ2v) is 5.33. The van der Waals surface area contributed by atoms with Crippen LogP contribution in [-0.4, -0.2) is 4.98 Å². The second-order valence-electron chi connectivity index (χ2n) is 4.52. The zero-order valence-electron chi connectivity index (χ0n) is 10.7. The molecule has 20 heavy (non-hydrogen) atoms. The second kappa shape index (κ2) is 5.31. The van der Waals surface area contributed by atoms with Crippen LogP contribution in [0.1, 0.15) is 5.56 Å². The van der Waals surface area contributed by atoms with Crippen molar-refractivity contribution < 1.29 is 4.74 Å². The van der Waals surface area contributed by atoms with Crippen molar-refractivity contribution in [2.45, 2.75) is 6.92 Å². The average molecular weight is 304 g/mol. The molecule has 0 saturated heterocycles.